The molecule has 0 saturated carbocycles. The van der Waals surface area contributed by atoms with Crippen molar-refractivity contribution in [1.82, 2.24) is 9.97 Å². The fourth-order valence-electron chi connectivity index (χ4n) is 2.06. The summed E-state index contributed by atoms with van der Waals surface area (Å²) in [6.45, 7) is 0.350. The lowest BCUT2D eigenvalue weighted by atomic mass is 10.2. The Morgan fingerprint density at radius 1 is 1.04 bits per heavy atom. The Hall–Kier alpha value is -2.92. The molecule has 2 aromatic heterocycles. The first kappa shape index (κ1) is 16.0. The number of carbonyl (C=O) groups is 1. The smallest absolute Gasteiger partial charge is 0.258 e. The van der Waals surface area contributed by atoms with E-state index >= 15 is 0 Å². The number of aromatic nitrogens is 2. The second-order valence-corrected chi connectivity index (χ2v) is 5.34. The number of nitrogens with one attached hydrogen (secondary N) is 1. The van der Waals surface area contributed by atoms with Gasteiger partial charge in [0.05, 0.1) is 10.6 Å². The van der Waals surface area contributed by atoms with E-state index in [9.17, 15) is 4.79 Å². The van der Waals surface area contributed by atoms with E-state index in [1.807, 2.05) is 12.1 Å². The third kappa shape index (κ3) is 3.88. The first-order valence-corrected chi connectivity index (χ1v) is 7.64. The van der Waals surface area contributed by atoms with Gasteiger partial charge in [0.25, 0.3) is 5.91 Å². The largest absolute Gasteiger partial charge is 0.485 e. The number of pyridine rings is 2. The number of carbonyl (C=O) groups excluding carboxylic acids is 1. The number of ether oxygens (including phenoxy) is 1. The van der Waals surface area contributed by atoms with Crippen LogP contribution < -0.4 is 10.1 Å². The summed E-state index contributed by atoms with van der Waals surface area (Å²) in [6.07, 6.45) is 4.98. The van der Waals surface area contributed by atoms with Gasteiger partial charge in [-0.25, -0.2) is 4.98 Å². The molecule has 0 atom stereocenters. The Balaban J connectivity index is 1.74. The number of hydrogen-bond donors (Lipinski definition) is 1. The van der Waals surface area contributed by atoms with Crippen LogP contribution in [0.1, 0.15) is 15.9 Å². The minimum absolute atomic E-state index is 0.340. The van der Waals surface area contributed by atoms with E-state index < -0.39 is 0 Å². The van der Waals surface area contributed by atoms with E-state index in [1.165, 1.54) is 0 Å². The predicted octanol–water partition coefficient (Wildman–Crippen LogP) is 3.96. The fraction of sp³-hybridized carbons (Fsp3) is 0.0556. The second-order valence-electron chi connectivity index (χ2n) is 4.93. The number of rotatable bonds is 5. The average molecular weight is 340 g/mol. The molecular formula is C18H14ClN3O2. The molecule has 0 saturated heterocycles. The van der Waals surface area contributed by atoms with Crippen LogP contribution in [0.3, 0.4) is 0 Å². The second kappa shape index (κ2) is 7.57. The molecule has 0 aliphatic carbocycles. The molecule has 0 unspecified atom stereocenters. The standard InChI is InChI=1S/C18H14ClN3O2/c19-15-5-2-1-4-14(15)18(23)22-17-16(6-3-9-21-17)24-12-13-7-10-20-11-8-13/h1-11H,12H2,(H,21,22,23). The molecule has 0 radical (unpaired) electrons. The molecule has 120 valence electrons. The number of benzene rings is 1. The van der Waals surface area contributed by atoms with Crippen LogP contribution in [0.4, 0.5) is 5.82 Å². The molecule has 3 rings (SSSR count). The van der Waals surface area contributed by atoms with E-state index in [1.54, 1.807) is 55.0 Å². The molecule has 0 aliphatic rings. The molecule has 6 heteroatoms. The summed E-state index contributed by atoms with van der Waals surface area (Å²) in [5.41, 5.74) is 1.35. The molecule has 0 aliphatic heterocycles. The van der Waals surface area contributed by atoms with Crippen molar-refractivity contribution in [3.05, 3.63) is 83.3 Å². The highest BCUT2D eigenvalue weighted by atomic mass is 35.5. The van der Waals surface area contributed by atoms with Gasteiger partial charge in [-0.05, 0) is 42.0 Å². The molecule has 1 N–H and O–H groups in total. The molecule has 5 nitrogen and oxygen atoms in total. The number of anilines is 1. The van der Waals surface area contributed by atoms with Crippen LogP contribution in [0, 0.1) is 0 Å². The summed E-state index contributed by atoms with van der Waals surface area (Å²) in [5.74, 6) is 0.485. The van der Waals surface area contributed by atoms with Gasteiger partial charge >= 0.3 is 0 Å². The van der Waals surface area contributed by atoms with Crippen molar-refractivity contribution in [2.24, 2.45) is 0 Å². The van der Waals surface area contributed by atoms with Gasteiger partial charge in [-0.15, -0.1) is 0 Å². The summed E-state index contributed by atoms with van der Waals surface area (Å²) in [6, 6.07) is 14.0. The quantitative estimate of drug-likeness (QED) is 0.764. The van der Waals surface area contributed by atoms with Crippen LogP contribution in [-0.2, 0) is 6.61 Å². The van der Waals surface area contributed by atoms with Crippen molar-refractivity contribution in [2.75, 3.05) is 5.32 Å². The molecule has 0 fully saturated rings. The van der Waals surface area contributed by atoms with E-state index in [4.69, 9.17) is 16.3 Å². The average Bonchev–Trinajstić information content (AvgIpc) is 2.62. The summed E-state index contributed by atoms with van der Waals surface area (Å²) in [5, 5.41) is 3.11. The lowest BCUT2D eigenvalue weighted by molar-refractivity contribution is 0.102. The third-order valence-corrected chi connectivity index (χ3v) is 3.59. The number of halogens is 1. The molecule has 0 spiro atoms. The molecule has 3 aromatic rings. The van der Waals surface area contributed by atoms with Gasteiger partial charge < -0.3 is 10.1 Å². The molecular weight excluding hydrogens is 326 g/mol. The van der Waals surface area contributed by atoms with Crippen LogP contribution in [-0.4, -0.2) is 15.9 Å². The molecule has 1 amide bonds. The van der Waals surface area contributed by atoms with Crippen LogP contribution in [0.5, 0.6) is 5.75 Å². The summed E-state index contributed by atoms with van der Waals surface area (Å²) < 4.78 is 5.75. The van der Waals surface area contributed by atoms with Crippen molar-refractivity contribution < 1.29 is 9.53 Å². The van der Waals surface area contributed by atoms with Gasteiger partial charge in [0.1, 0.15) is 6.61 Å². The fourth-order valence-corrected chi connectivity index (χ4v) is 2.28. The Kier molecular flexibility index (Phi) is 5.03. The van der Waals surface area contributed by atoms with Crippen LogP contribution in [0.15, 0.2) is 67.1 Å². The van der Waals surface area contributed by atoms with Gasteiger partial charge in [-0.2, -0.15) is 0 Å². The van der Waals surface area contributed by atoms with E-state index in [0.29, 0.717) is 28.8 Å². The zero-order chi connectivity index (χ0) is 16.8. The molecule has 1 aromatic carbocycles. The Morgan fingerprint density at radius 3 is 2.62 bits per heavy atom. The molecule has 2 heterocycles. The van der Waals surface area contributed by atoms with Crippen molar-refractivity contribution in [3.63, 3.8) is 0 Å². The minimum atomic E-state index is -0.340. The highest BCUT2D eigenvalue weighted by Gasteiger charge is 2.13. The first-order valence-electron chi connectivity index (χ1n) is 7.26. The Morgan fingerprint density at radius 2 is 1.83 bits per heavy atom. The summed E-state index contributed by atoms with van der Waals surface area (Å²) in [4.78, 5) is 20.5. The van der Waals surface area contributed by atoms with Crippen molar-refractivity contribution in [2.45, 2.75) is 6.61 Å². The predicted molar refractivity (Wildman–Crippen MR) is 92.2 cm³/mol. The number of nitrogens with zero attached hydrogens (tertiary/aromatic N) is 2. The maximum atomic E-state index is 12.4. The van der Waals surface area contributed by atoms with Crippen molar-refractivity contribution in [3.8, 4) is 5.75 Å². The van der Waals surface area contributed by atoms with Crippen molar-refractivity contribution in [1.29, 1.82) is 0 Å². The van der Waals surface area contributed by atoms with Gasteiger partial charge in [0.15, 0.2) is 11.6 Å². The maximum absolute atomic E-state index is 12.4. The van der Waals surface area contributed by atoms with Gasteiger partial charge in [-0.3, -0.25) is 9.78 Å². The monoisotopic (exact) mass is 339 g/mol. The normalized spacial score (nSPS) is 10.2. The van der Waals surface area contributed by atoms with Crippen molar-refractivity contribution >= 4 is 23.3 Å². The SMILES string of the molecule is O=C(Nc1ncccc1OCc1ccncc1)c1ccccc1Cl. The Bertz CT molecular complexity index is 840. The third-order valence-electron chi connectivity index (χ3n) is 3.26. The van der Waals surface area contributed by atoms with E-state index in [-0.39, 0.29) is 5.91 Å². The lowest BCUT2D eigenvalue weighted by Gasteiger charge is -2.12. The minimum Gasteiger partial charge on any atom is -0.485 e. The zero-order valence-corrected chi connectivity index (χ0v) is 13.4. The zero-order valence-electron chi connectivity index (χ0n) is 12.6. The van der Waals surface area contributed by atoms with Crippen LogP contribution in [0.25, 0.3) is 0 Å². The topological polar surface area (TPSA) is 64.1 Å². The number of hydrogen-bond acceptors (Lipinski definition) is 4. The van der Waals surface area contributed by atoms with Gasteiger partial charge in [0.2, 0.25) is 0 Å². The summed E-state index contributed by atoms with van der Waals surface area (Å²) >= 11 is 6.05. The highest BCUT2D eigenvalue weighted by molar-refractivity contribution is 6.34. The number of amides is 1. The summed E-state index contributed by atoms with van der Waals surface area (Å²) in [7, 11) is 0. The highest BCUT2D eigenvalue weighted by Crippen LogP contribution is 2.24. The molecule has 24 heavy (non-hydrogen) atoms. The lowest BCUT2D eigenvalue weighted by Crippen LogP contribution is -2.14. The van der Waals surface area contributed by atoms with Gasteiger partial charge in [0, 0.05) is 18.6 Å². The van der Waals surface area contributed by atoms with Gasteiger partial charge in [-0.1, -0.05) is 23.7 Å². The Labute approximate surface area is 144 Å². The molecule has 0 bridgehead atoms. The van der Waals surface area contributed by atoms with E-state index in [2.05, 4.69) is 15.3 Å². The van der Waals surface area contributed by atoms with Crippen LogP contribution >= 0.6 is 11.6 Å². The maximum Gasteiger partial charge on any atom is 0.258 e. The van der Waals surface area contributed by atoms with Crippen LogP contribution in [0.2, 0.25) is 5.02 Å². The van der Waals surface area contributed by atoms with E-state index in [0.717, 1.165) is 5.56 Å². The first-order chi connectivity index (χ1) is 11.7.